The fraction of sp³-hybridized carbons (Fsp3) is 0.500. The highest BCUT2D eigenvalue weighted by molar-refractivity contribution is 5.96. The normalized spacial score (nSPS) is 10.5. The van der Waals surface area contributed by atoms with E-state index < -0.39 is 0 Å². The van der Waals surface area contributed by atoms with E-state index in [1.807, 2.05) is 6.07 Å². The van der Waals surface area contributed by atoms with Crippen molar-refractivity contribution in [3.8, 4) is 5.75 Å². The summed E-state index contributed by atoms with van der Waals surface area (Å²) in [6.45, 7) is 4.62. The summed E-state index contributed by atoms with van der Waals surface area (Å²) >= 11 is 0. The van der Waals surface area contributed by atoms with Crippen molar-refractivity contribution in [2.45, 2.75) is 19.8 Å². The van der Waals surface area contributed by atoms with E-state index in [4.69, 9.17) is 10.6 Å². The number of nitrogens with two attached hydrogens (primary N) is 1. The van der Waals surface area contributed by atoms with Crippen LogP contribution >= 0.6 is 0 Å². The minimum absolute atomic E-state index is 0.338. The van der Waals surface area contributed by atoms with Crippen LogP contribution in [0.3, 0.4) is 0 Å². The van der Waals surface area contributed by atoms with Gasteiger partial charge in [-0.2, -0.15) is 0 Å². The first-order valence-corrected chi connectivity index (χ1v) is 6.60. The third-order valence-corrected chi connectivity index (χ3v) is 2.89. The van der Waals surface area contributed by atoms with Crippen LogP contribution in [0.15, 0.2) is 24.3 Å². The topological polar surface area (TPSA) is 67.6 Å². The molecule has 0 atom stereocenters. The van der Waals surface area contributed by atoms with Crippen LogP contribution in [0.1, 0.15) is 30.1 Å². The van der Waals surface area contributed by atoms with E-state index in [0.29, 0.717) is 17.9 Å². The highest BCUT2D eigenvalue weighted by Crippen LogP contribution is 2.17. The SMILES string of the molecule is CCCCN(C)CCOc1ccccc1C(=O)NN. The molecule has 1 aromatic carbocycles. The molecule has 1 aromatic rings. The van der Waals surface area contributed by atoms with Crippen molar-refractivity contribution in [1.29, 1.82) is 0 Å². The first-order chi connectivity index (χ1) is 9.19. The Morgan fingerprint density at radius 2 is 2.11 bits per heavy atom. The quantitative estimate of drug-likeness (QED) is 0.423. The number of hydrogen-bond acceptors (Lipinski definition) is 4. The van der Waals surface area contributed by atoms with E-state index in [9.17, 15) is 4.79 Å². The zero-order valence-corrected chi connectivity index (χ0v) is 11.7. The number of carbonyl (C=O) groups excluding carboxylic acids is 1. The second-order valence-electron chi connectivity index (χ2n) is 4.47. The van der Waals surface area contributed by atoms with E-state index >= 15 is 0 Å². The Hall–Kier alpha value is -1.59. The molecule has 0 fully saturated rings. The van der Waals surface area contributed by atoms with Crippen LogP contribution in [0, 0.1) is 0 Å². The van der Waals surface area contributed by atoms with Gasteiger partial charge in [-0.25, -0.2) is 5.84 Å². The predicted molar refractivity (Wildman–Crippen MR) is 76.0 cm³/mol. The van der Waals surface area contributed by atoms with Gasteiger partial charge in [0.25, 0.3) is 5.91 Å². The van der Waals surface area contributed by atoms with Gasteiger partial charge in [-0.15, -0.1) is 0 Å². The van der Waals surface area contributed by atoms with Gasteiger partial charge in [-0.05, 0) is 32.1 Å². The van der Waals surface area contributed by atoms with Gasteiger partial charge in [-0.3, -0.25) is 10.2 Å². The summed E-state index contributed by atoms with van der Waals surface area (Å²) in [5.41, 5.74) is 2.58. The number of hydrazine groups is 1. The van der Waals surface area contributed by atoms with Crippen molar-refractivity contribution in [3.63, 3.8) is 0 Å². The number of rotatable bonds is 8. The Kier molecular flexibility index (Phi) is 6.92. The van der Waals surface area contributed by atoms with Crippen LogP contribution in [0.2, 0.25) is 0 Å². The molecule has 1 amide bonds. The van der Waals surface area contributed by atoms with Gasteiger partial charge in [0.05, 0.1) is 5.56 Å². The summed E-state index contributed by atoms with van der Waals surface area (Å²) in [4.78, 5) is 13.8. The molecule has 3 N–H and O–H groups in total. The van der Waals surface area contributed by atoms with E-state index in [2.05, 4.69) is 24.3 Å². The molecule has 0 aliphatic rings. The van der Waals surface area contributed by atoms with Crippen molar-refractivity contribution >= 4 is 5.91 Å². The number of benzene rings is 1. The molecule has 19 heavy (non-hydrogen) atoms. The van der Waals surface area contributed by atoms with E-state index in [1.165, 1.54) is 12.8 Å². The summed E-state index contributed by atoms with van der Waals surface area (Å²) in [7, 11) is 2.07. The van der Waals surface area contributed by atoms with E-state index in [-0.39, 0.29) is 5.91 Å². The molecule has 0 aromatic heterocycles. The molecule has 0 radical (unpaired) electrons. The van der Waals surface area contributed by atoms with Gasteiger partial charge in [-0.1, -0.05) is 25.5 Å². The molecule has 0 bridgehead atoms. The minimum atomic E-state index is -0.338. The monoisotopic (exact) mass is 265 g/mol. The number of nitrogens with one attached hydrogen (secondary N) is 1. The number of para-hydroxylation sites is 1. The maximum atomic E-state index is 11.5. The fourth-order valence-electron chi connectivity index (χ4n) is 1.71. The lowest BCUT2D eigenvalue weighted by Gasteiger charge is -2.17. The Morgan fingerprint density at radius 1 is 1.37 bits per heavy atom. The van der Waals surface area contributed by atoms with E-state index in [0.717, 1.165) is 13.1 Å². The molecule has 106 valence electrons. The molecular weight excluding hydrogens is 242 g/mol. The Morgan fingerprint density at radius 3 is 2.79 bits per heavy atom. The van der Waals surface area contributed by atoms with Gasteiger partial charge in [0.15, 0.2) is 0 Å². The number of carbonyl (C=O) groups is 1. The molecule has 0 aliphatic carbocycles. The summed E-state index contributed by atoms with van der Waals surface area (Å²) in [5, 5.41) is 0. The number of unbranched alkanes of at least 4 members (excludes halogenated alkanes) is 1. The number of nitrogen functional groups attached to an aromatic ring is 1. The van der Waals surface area contributed by atoms with Gasteiger partial charge >= 0.3 is 0 Å². The molecule has 0 unspecified atom stereocenters. The van der Waals surface area contributed by atoms with Crippen LogP contribution in [0.4, 0.5) is 0 Å². The van der Waals surface area contributed by atoms with Gasteiger partial charge in [0.2, 0.25) is 0 Å². The van der Waals surface area contributed by atoms with Crippen LogP contribution in [-0.4, -0.2) is 37.6 Å². The van der Waals surface area contributed by atoms with Crippen LogP contribution in [-0.2, 0) is 0 Å². The second-order valence-corrected chi connectivity index (χ2v) is 4.47. The summed E-state index contributed by atoms with van der Waals surface area (Å²) in [5.74, 6) is 5.37. The largest absolute Gasteiger partial charge is 0.491 e. The average Bonchev–Trinajstić information content (AvgIpc) is 2.44. The smallest absolute Gasteiger partial charge is 0.268 e. The summed E-state index contributed by atoms with van der Waals surface area (Å²) < 4.78 is 5.65. The van der Waals surface area contributed by atoms with Crippen LogP contribution < -0.4 is 16.0 Å². The zero-order valence-electron chi connectivity index (χ0n) is 11.7. The molecule has 5 nitrogen and oxygen atoms in total. The van der Waals surface area contributed by atoms with Crippen molar-refractivity contribution in [1.82, 2.24) is 10.3 Å². The number of likely N-dealkylation sites (N-methyl/N-ethyl adjacent to an activating group) is 1. The average molecular weight is 265 g/mol. The number of nitrogens with zero attached hydrogens (tertiary/aromatic N) is 1. The fourth-order valence-corrected chi connectivity index (χ4v) is 1.71. The Balaban J connectivity index is 2.47. The molecule has 0 saturated carbocycles. The highest BCUT2D eigenvalue weighted by atomic mass is 16.5. The van der Waals surface area contributed by atoms with Gasteiger partial charge in [0.1, 0.15) is 12.4 Å². The standard InChI is InChI=1S/C14H23N3O2/c1-3-4-9-17(2)10-11-19-13-8-6-5-7-12(13)14(18)16-15/h5-8H,3-4,9-11,15H2,1-2H3,(H,16,18). The zero-order chi connectivity index (χ0) is 14.1. The molecular formula is C14H23N3O2. The first-order valence-electron chi connectivity index (χ1n) is 6.60. The van der Waals surface area contributed by atoms with Crippen molar-refractivity contribution in [2.75, 3.05) is 26.7 Å². The lowest BCUT2D eigenvalue weighted by atomic mass is 10.2. The maximum absolute atomic E-state index is 11.5. The molecule has 0 aliphatic heterocycles. The molecule has 0 spiro atoms. The molecule has 1 rings (SSSR count). The van der Waals surface area contributed by atoms with E-state index in [1.54, 1.807) is 18.2 Å². The highest BCUT2D eigenvalue weighted by Gasteiger charge is 2.10. The number of hydrogen-bond donors (Lipinski definition) is 2. The summed E-state index contributed by atoms with van der Waals surface area (Å²) in [6.07, 6.45) is 2.37. The lowest BCUT2D eigenvalue weighted by Crippen LogP contribution is -2.30. The van der Waals surface area contributed by atoms with Gasteiger partial charge < -0.3 is 9.64 Å². The first kappa shape index (κ1) is 15.5. The number of ether oxygens (including phenoxy) is 1. The lowest BCUT2D eigenvalue weighted by molar-refractivity contribution is 0.0949. The van der Waals surface area contributed by atoms with Gasteiger partial charge in [0, 0.05) is 6.54 Å². The molecule has 5 heteroatoms. The number of amides is 1. The minimum Gasteiger partial charge on any atom is -0.491 e. The van der Waals surface area contributed by atoms with Crippen LogP contribution in [0.5, 0.6) is 5.75 Å². The van der Waals surface area contributed by atoms with Crippen molar-refractivity contribution in [2.24, 2.45) is 5.84 Å². The predicted octanol–water partition coefficient (Wildman–Crippen LogP) is 1.40. The van der Waals surface area contributed by atoms with Crippen molar-refractivity contribution < 1.29 is 9.53 Å². The molecule has 0 heterocycles. The Labute approximate surface area is 114 Å². The third kappa shape index (κ3) is 5.28. The maximum Gasteiger partial charge on any atom is 0.268 e. The Bertz CT molecular complexity index is 396. The second kappa shape index (κ2) is 8.50. The van der Waals surface area contributed by atoms with Crippen LogP contribution in [0.25, 0.3) is 0 Å². The molecule has 0 saturated heterocycles. The van der Waals surface area contributed by atoms with Crippen molar-refractivity contribution in [3.05, 3.63) is 29.8 Å². The summed E-state index contributed by atoms with van der Waals surface area (Å²) in [6, 6.07) is 7.09. The third-order valence-electron chi connectivity index (χ3n) is 2.89.